The van der Waals surface area contributed by atoms with Crippen molar-refractivity contribution in [2.45, 2.75) is 6.54 Å². The van der Waals surface area contributed by atoms with E-state index in [0.29, 0.717) is 5.56 Å². The second-order valence-corrected chi connectivity index (χ2v) is 5.91. The highest BCUT2D eigenvalue weighted by atomic mass is 35.5. The number of nitrogens with zero attached hydrogens (tertiary/aromatic N) is 1. The number of rotatable bonds is 4. The molecule has 0 fully saturated rings. The molecule has 126 valence electrons. The Morgan fingerprint density at radius 1 is 1.12 bits per heavy atom. The number of methoxy groups -OCH3 is 1. The quantitative estimate of drug-likeness (QED) is 0.599. The van der Waals surface area contributed by atoms with Gasteiger partial charge in [-0.3, -0.25) is 4.79 Å². The first-order valence-corrected chi connectivity index (χ1v) is 7.66. The molecule has 2 rings (SSSR count). The standard InChI is InChI=1S/C17H14Cl2FNO3/c1-21(9-10-3-5-11(6-4-10)17(23)24-2)16(22)12-7-15(20)14(19)8-13(12)18/h3-8H,9H2,1-2H3. The van der Waals surface area contributed by atoms with Gasteiger partial charge in [0.05, 0.1) is 28.3 Å². The van der Waals surface area contributed by atoms with Crippen LogP contribution in [0.3, 0.4) is 0 Å². The number of halogens is 3. The Bertz CT molecular complexity index is 778. The lowest BCUT2D eigenvalue weighted by Crippen LogP contribution is -2.26. The molecule has 2 aromatic carbocycles. The third-order valence-electron chi connectivity index (χ3n) is 3.38. The van der Waals surface area contributed by atoms with Crippen molar-refractivity contribution in [3.63, 3.8) is 0 Å². The summed E-state index contributed by atoms with van der Waals surface area (Å²) in [7, 11) is 2.87. The van der Waals surface area contributed by atoms with Gasteiger partial charge in [-0.25, -0.2) is 9.18 Å². The van der Waals surface area contributed by atoms with E-state index in [9.17, 15) is 14.0 Å². The van der Waals surface area contributed by atoms with Gasteiger partial charge in [0.2, 0.25) is 0 Å². The van der Waals surface area contributed by atoms with E-state index in [1.807, 2.05) is 0 Å². The highest BCUT2D eigenvalue weighted by Crippen LogP contribution is 2.25. The first kappa shape index (κ1) is 18.2. The first-order chi connectivity index (χ1) is 11.3. The molecule has 0 spiro atoms. The van der Waals surface area contributed by atoms with Crippen molar-refractivity contribution in [2.24, 2.45) is 0 Å². The van der Waals surface area contributed by atoms with Crippen molar-refractivity contribution in [1.29, 1.82) is 0 Å². The molecule has 0 aliphatic heterocycles. The third kappa shape index (κ3) is 4.04. The van der Waals surface area contributed by atoms with Crippen LogP contribution in [0, 0.1) is 5.82 Å². The SMILES string of the molecule is COC(=O)c1ccc(CN(C)C(=O)c2cc(F)c(Cl)cc2Cl)cc1. The Morgan fingerprint density at radius 2 is 1.75 bits per heavy atom. The molecule has 0 aliphatic carbocycles. The number of carbonyl (C=O) groups is 2. The summed E-state index contributed by atoms with van der Waals surface area (Å²) in [6.45, 7) is 0.265. The Morgan fingerprint density at radius 3 is 2.33 bits per heavy atom. The maximum atomic E-state index is 13.6. The Balaban J connectivity index is 2.14. The zero-order valence-electron chi connectivity index (χ0n) is 13.0. The molecule has 1 amide bonds. The maximum absolute atomic E-state index is 13.6. The van der Waals surface area contributed by atoms with Gasteiger partial charge >= 0.3 is 5.97 Å². The number of hydrogen-bond acceptors (Lipinski definition) is 3. The van der Waals surface area contributed by atoms with Crippen molar-refractivity contribution in [3.8, 4) is 0 Å². The molecule has 0 aliphatic rings. The molecular formula is C17H14Cl2FNO3. The van der Waals surface area contributed by atoms with Crippen LogP contribution in [0.25, 0.3) is 0 Å². The van der Waals surface area contributed by atoms with E-state index in [1.165, 1.54) is 18.1 Å². The number of ether oxygens (including phenoxy) is 1. The summed E-state index contributed by atoms with van der Waals surface area (Å²) in [5.41, 5.74) is 1.24. The molecule has 7 heteroatoms. The van der Waals surface area contributed by atoms with Crippen LogP contribution < -0.4 is 0 Å². The largest absolute Gasteiger partial charge is 0.465 e. The fourth-order valence-electron chi connectivity index (χ4n) is 2.10. The molecule has 2 aromatic rings. The highest BCUT2D eigenvalue weighted by Gasteiger charge is 2.18. The zero-order valence-corrected chi connectivity index (χ0v) is 14.5. The van der Waals surface area contributed by atoms with Gasteiger partial charge < -0.3 is 9.64 Å². The lowest BCUT2D eigenvalue weighted by atomic mass is 10.1. The van der Waals surface area contributed by atoms with Crippen molar-refractivity contribution < 1.29 is 18.7 Å². The topological polar surface area (TPSA) is 46.6 Å². The number of amides is 1. The number of esters is 1. The molecule has 0 heterocycles. The summed E-state index contributed by atoms with van der Waals surface area (Å²) in [6, 6.07) is 8.84. The van der Waals surface area contributed by atoms with Crippen LogP contribution in [0.5, 0.6) is 0 Å². The van der Waals surface area contributed by atoms with Gasteiger partial charge in [0.1, 0.15) is 5.82 Å². The van der Waals surface area contributed by atoms with Crippen LogP contribution in [0.15, 0.2) is 36.4 Å². The lowest BCUT2D eigenvalue weighted by molar-refractivity contribution is 0.0600. The van der Waals surface area contributed by atoms with E-state index in [2.05, 4.69) is 4.74 Å². The Labute approximate surface area is 148 Å². The molecule has 0 N–H and O–H groups in total. The van der Waals surface area contributed by atoms with E-state index < -0.39 is 17.7 Å². The predicted octanol–water partition coefficient (Wildman–Crippen LogP) is 4.19. The minimum atomic E-state index is -0.708. The van der Waals surface area contributed by atoms with E-state index in [1.54, 1.807) is 31.3 Å². The zero-order chi connectivity index (χ0) is 17.9. The van der Waals surface area contributed by atoms with Crippen LogP contribution >= 0.6 is 23.2 Å². The normalized spacial score (nSPS) is 10.4. The minimum absolute atomic E-state index is 0.0345. The molecule has 0 atom stereocenters. The average molecular weight is 370 g/mol. The molecule has 0 saturated carbocycles. The van der Waals surface area contributed by atoms with Crippen molar-refractivity contribution >= 4 is 35.1 Å². The van der Waals surface area contributed by atoms with Crippen LogP contribution in [-0.4, -0.2) is 30.9 Å². The van der Waals surface area contributed by atoms with Gasteiger partial charge in [-0.2, -0.15) is 0 Å². The molecule has 0 aromatic heterocycles. The van der Waals surface area contributed by atoms with E-state index in [-0.39, 0.29) is 22.2 Å². The van der Waals surface area contributed by atoms with Crippen molar-refractivity contribution in [1.82, 2.24) is 4.90 Å². The molecular weight excluding hydrogens is 356 g/mol. The Kier molecular flexibility index (Phi) is 5.80. The monoisotopic (exact) mass is 369 g/mol. The number of carbonyl (C=O) groups excluding carboxylic acids is 2. The smallest absolute Gasteiger partial charge is 0.337 e. The summed E-state index contributed by atoms with van der Waals surface area (Å²) >= 11 is 11.6. The van der Waals surface area contributed by atoms with Gasteiger partial charge in [-0.1, -0.05) is 35.3 Å². The van der Waals surface area contributed by atoms with E-state index >= 15 is 0 Å². The van der Waals surface area contributed by atoms with Crippen molar-refractivity contribution in [3.05, 3.63) is 69.0 Å². The molecule has 24 heavy (non-hydrogen) atoms. The lowest BCUT2D eigenvalue weighted by Gasteiger charge is -2.18. The Hall–Kier alpha value is -2.11. The number of hydrogen-bond donors (Lipinski definition) is 0. The van der Waals surface area contributed by atoms with E-state index in [4.69, 9.17) is 23.2 Å². The summed E-state index contributed by atoms with van der Waals surface area (Å²) in [6.07, 6.45) is 0. The second-order valence-electron chi connectivity index (χ2n) is 5.10. The minimum Gasteiger partial charge on any atom is -0.465 e. The fraction of sp³-hybridized carbons (Fsp3) is 0.176. The summed E-state index contributed by atoms with van der Waals surface area (Å²) < 4.78 is 18.2. The van der Waals surface area contributed by atoms with Crippen LogP contribution in [0.4, 0.5) is 4.39 Å². The predicted molar refractivity (Wildman–Crippen MR) is 90.0 cm³/mol. The highest BCUT2D eigenvalue weighted by molar-refractivity contribution is 6.36. The molecule has 4 nitrogen and oxygen atoms in total. The van der Waals surface area contributed by atoms with Crippen molar-refractivity contribution in [2.75, 3.05) is 14.2 Å². The molecule has 0 saturated heterocycles. The molecule has 0 unspecified atom stereocenters. The van der Waals surface area contributed by atoms with Gasteiger partial charge in [0.25, 0.3) is 5.91 Å². The molecule has 0 bridgehead atoms. The van der Waals surface area contributed by atoms with E-state index in [0.717, 1.165) is 11.6 Å². The maximum Gasteiger partial charge on any atom is 0.337 e. The van der Waals surface area contributed by atoms with Crippen LogP contribution in [0.2, 0.25) is 10.0 Å². The number of benzene rings is 2. The van der Waals surface area contributed by atoms with Crippen LogP contribution in [0.1, 0.15) is 26.3 Å². The second kappa shape index (κ2) is 7.64. The van der Waals surface area contributed by atoms with Crippen LogP contribution in [-0.2, 0) is 11.3 Å². The summed E-state index contributed by atoms with van der Waals surface area (Å²) in [5, 5.41) is -0.0584. The third-order valence-corrected chi connectivity index (χ3v) is 3.98. The van der Waals surface area contributed by atoms with Gasteiger partial charge in [-0.15, -0.1) is 0 Å². The fourth-order valence-corrected chi connectivity index (χ4v) is 2.57. The first-order valence-electron chi connectivity index (χ1n) is 6.90. The van der Waals surface area contributed by atoms with Gasteiger partial charge in [0.15, 0.2) is 0 Å². The average Bonchev–Trinajstić information content (AvgIpc) is 2.57. The van der Waals surface area contributed by atoms with Gasteiger partial charge in [-0.05, 0) is 29.8 Å². The molecule has 0 radical (unpaired) electrons. The van der Waals surface area contributed by atoms with Gasteiger partial charge in [0, 0.05) is 13.6 Å². The summed E-state index contributed by atoms with van der Waals surface area (Å²) in [4.78, 5) is 25.2. The summed E-state index contributed by atoms with van der Waals surface area (Å²) in [5.74, 6) is -1.58.